The van der Waals surface area contributed by atoms with Crippen molar-refractivity contribution in [2.24, 2.45) is 0 Å². The van der Waals surface area contributed by atoms with Crippen molar-refractivity contribution in [2.75, 3.05) is 11.9 Å². The third-order valence-corrected chi connectivity index (χ3v) is 1.92. The molecule has 0 aliphatic rings. The molecule has 0 aromatic heterocycles. The van der Waals surface area contributed by atoms with Crippen LogP contribution in [0.1, 0.15) is 6.92 Å². The molecule has 0 aliphatic heterocycles. The number of rotatable bonds is 4. The molecule has 1 rings (SSSR count). The molecule has 0 saturated carbocycles. The number of anilines is 1. The van der Waals surface area contributed by atoms with Crippen molar-refractivity contribution in [2.45, 2.75) is 6.92 Å². The van der Waals surface area contributed by atoms with Gasteiger partial charge in [-0.05, 0) is 19.1 Å². The van der Waals surface area contributed by atoms with Gasteiger partial charge in [0.15, 0.2) is 5.57 Å². The highest BCUT2D eigenvalue weighted by Gasteiger charge is 2.10. The van der Waals surface area contributed by atoms with Gasteiger partial charge in [-0.15, -0.1) is 0 Å². The van der Waals surface area contributed by atoms with Gasteiger partial charge >= 0.3 is 5.97 Å². The first-order valence-electron chi connectivity index (χ1n) is 5.07. The molecule has 0 spiro atoms. The van der Waals surface area contributed by atoms with Crippen LogP contribution in [0.3, 0.4) is 0 Å². The Hall–Kier alpha value is -2.42. The molecule has 18 heavy (non-hydrogen) atoms. The first-order valence-corrected chi connectivity index (χ1v) is 5.07. The van der Waals surface area contributed by atoms with E-state index < -0.39 is 17.6 Å². The number of carbonyl (C=O) groups is 1. The van der Waals surface area contributed by atoms with Crippen LogP contribution in [0.5, 0.6) is 0 Å². The maximum absolute atomic E-state index is 13.2. The fourth-order valence-corrected chi connectivity index (χ4v) is 1.10. The first kappa shape index (κ1) is 13.6. The van der Waals surface area contributed by atoms with Crippen LogP contribution in [0.4, 0.5) is 14.5 Å². The minimum Gasteiger partial charge on any atom is -0.462 e. The summed E-state index contributed by atoms with van der Waals surface area (Å²) >= 11 is 0. The highest BCUT2D eigenvalue weighted by Crippen LogP contribution is 2.15. The maximum atomic E-state index is 13.2. The molecule has 0 radical (unpaired) electrons. The predicted octanol–water partition coefficient (Wildman–Crippen LogP) is 2.35. The summed E-state index contributed by atoms with van der Waals surface area (Å²) in [5.74, 6) is -2.35. The lowest BCUT2D eigenvalue weighted by atomic mass is 10.3. The summed E-state index contributed by atoms with van der Waals surface area (Å²) in [5.41, 5.74) is -0.353. The van der Waals surface area contributed by atoms with E-state index in [1.807, 2.05) is 0 Å². The Morgan fingerprint density at radius 2 is 2.28 bits per heavy atom. The Morgan fingerprint density at radius 1 is 1.56 bits per heavy atom. The summed E-state index contributed by atoms with van der Waals surface area (Å²) in [5, 5.41) is 11.1. The molecule has 0 bridgehead atoms. The Kier molecular flexibility index (Phi) is 4.81. The van der Waals surface area contributed by atoms with E-state index in [1.165, 1.54) is 0 Å². The quantitative estimate of drug-likeness (QED) is 0.507. The number of hydrogen-bond acceptors (Lipinski definition) is 4. The Bertz CT molecular complexity index is 521. The van der Waals surface area contributed by atoms with Crippen LogP contribution in [0.15, 0.2) is 30.0 Å². The zero-order chi connectivity index (χ0) is 13.5. The average molecular weight is 252 g/mol. The van der Waals surface area contributed by atoms with E-state index in [-0.39, 0.29) is 17.9 Å². The van der Waals surface area contributed by atoms with E-state index >= 15 is 0 Å². The predicted molar refractivity (Wildman–Crippen MR) is 60.3 cm³/mol. The SMILES string of the molecule is CCOC(=O)C(C#N)=CNc1ccc(F)cc1F. The summed E-state index contributed by atoms with van der Waals surface area (Å²) in [7, 11) is 0. The number of benzene rings is 1. The second-order valence-electron chi connectivity index (χ2n) is 3.16. The van der Waals surface area contributed by atoms with E-state index in [9.17, 15) is 13.6 Å². The van der Waals surface area contributed by atoms with Gasteiger partial charge in [-0.25, -0.2) is 13.6 Å². The minimum atomic E-state index is -0.826. The fourth-order valence-electron chi connectivity index (χ4n) is 1.10. The topological polar surface area (TPSA) is 62.1 Å². The van der Waals surface area contributed by atoms with Crippen LogP contribution < -0.4 is 5.32 Å². The molecule has 0 saturated heterocycles. The molecular weight excluding hydrogens is 242 g/mol. The summed E-state index contributed by atoms with van der Waals surface area (Å²) in [6.45, 7) is 1.72. The second kappa shape index (κ2) is 6.35. The van der Waals surface area contributed by atoms with Crippen LogP contribution in [0, 0.1) is 23.0 Å². The van der Waals surface area contributed by atoms with Crippen LogP contribution in [0.25, 0.3) is 0 Å². The fraction of sp³-hybridized carbons (Fsp3) is 0.167. The van der Waals surface area contributed by atoms with Crippen LogP contribution in [0.2, 0.25) is 0 Å². The summed E-state index contributed by atoms with van der Waals surface area (Å²) in [4.78, 5) is 11.2. The molecule has 94 valence electrons. The van der Waals surface area contributed by atoms with Gasteiger partial charge in [-0.3, -0.25) is 0 Å². The smallest absolute Gasteiger partial charge is 0.350 e. The summed E-state index contributed by atoms with van der Waals surface area (Å²) in [6, 6.07) is 4.51. The van der Waals surface area contributed by atoms with Crippen molar-refractivity contribution in [1.82, 2.24) is 0 Å². The molecule has 0 aliphatic carbocycles. The zero-order valence-corrected chi connectivity index (χ0v) is 9.54. The number of nitrogens with one attached hydrogen (secondary N) is 1. The van der Waals surface area contributed by atoms with Gasteiger partial charge < -0.3 is 10.1 Å². The number of halogens is 2. The number of carbonyl (C=O) groups excluding carboxylic acids is 1. The number of ether oxygens (including phenoxy) is 1. The molecular formula is C12H10F2N2O2. The molecule has 6 heteroatoms. The summed E-state index contributed by atoms with van der Waals surface area (Å²) < 4.78 is 30.5. The van der Waals surface area contributed by atoms with Crippen molar-refractivity contribution < 1.29 is 18.3 Å². The van der Waals surface area contributed by atoms with E-state index in [0.717, 1.165) is 18.3 Å². The lowest BCUT2D eigenvalue weighted by molar-refractivity contribution is -0.138. The van der Waals surface area contributed by atoms with Gasteiger partial charge in [-0.2, -0.15) is 5.26 Å². The van der Waals surface area contributed by atoms with Crippen LogP contribution in [-0.2, 0) is 9.53 Å². The Balaban J connectivity index is 2.84. The Morgan fingerprint density at radius 3 is 2.83 bits per heavy atom. The zero-order valence-electron chi connectivity index (χ0n) is 9.54. The largest absolute Gasteiger partial charge is 0.462 e. The van der Waals surface area contributed by atoms with Crippen LogP contribution >= 0.6 is 0 Å². The van der Waals surface area contributed by atoms with E-state index in [2.05, 4.69) is 10.1 Å². The lowest BCUT2D eigenvalue weighted by Gasteiger charge is -2.04. The molecule has 0 amide bonds. The van der Waals surface area contributed by atoms with Crippen molar-refractivity contribution in [1.29, 1.82) is 5.26 Å². The van der Waals surface area contributed by atoms with E-state index in [1.54, 1.807) is 13.0 Å². The number of esters is 1. The van der Waals surface area contributed by atoms with Gasteiger partial charge in [0.05, 0.1) is 12.3 Å². The van der Waals surface area contributed by atoms with Crippen molar-refractivity contribution in [3.63, 3.8) is 0 Å². The highest BCUT2D eigenvalue weighted by molar-refractivity contribution is 5.93. The lowest BCUT2D eigenvalue weighted by Crippen LogP contribution is -2.08. The van der Waals surface area contributed by atoms with Crippen molar-refractivity contribution in [3.05, 3.63) is 41.6 Å². The molecule has 1 aromatic carbocycles. The Labute approximate surface area is 102 Å². The van der Waals surface area contributed by atoms with Crippen LogP contribution in [-0.4, -0.2) is 12.6 Å². The minimum absolute atomic E-state index is 0.0477. The molecule has 0 atom stereocenters. The standard InChI is InChI=1S/C12H10F2N2O2/c1-2-18-12(17)8(6-15)7-16-11-4-3-9(13)5-10(11)14/h3-5,7,16H,2H2,1H3. The average Bonchev–Trinajstić information content (AvgIpc) is 2.32. The summed E-state index contributed by atoms with van der Waals surface area (Å²) in [6.07, 6.45) is 1.01. The molecule has 0 fully saturated rings. The van der Waals surface area contributed by atoms with E-state index in [4.69, 9.17) is 5.26 Å². The third kappa shape index (κ3) is 3.56. The molecule has 4 nitrogen and oxygen atoms in total. The number of nitrogens with zero attached hydrogens (tertiary/aromatic N) is 1. The molecule has 0 heterocycles. The maximum Gasteiger partial charge on any atom is 0.350 e. The third-order valence-electron chi connectivity index (χ3n) is 1.92. The molecule has 1 aromatic rings. The first-order chi connectivity index (χ1) is 8.58. The van der Waals surface area contributed by atoms with Gasteiger partial charge in [0, 0.05) is 12.3 Å². The second-order valence-corrected chi connectivity index (χ2v) is 3.16. The van der Waals surface area contributed by atoms with Gasteiger partial charge in [-0.1, -0.05) is 0 Å². The van der Waals surface area contributed by atoms with Gasteiger partial charge in [0.1, 0.15) is 17.7 Å². The molecule has 0 unspecified atom stereocenters. The number of hydrogen-bond donors (Lipinski definition) is 1. The molecule has 1 N–H and O–H groups in total. The van der Waals surface area contributed by atoms with E-state index in [0.29, 0.717) is 6.07 Å². The highest BCUT2D eigenvalue weighted by atomic mass is 19.1. The van der Waals surface area contributed by atoms with Crippen molar-refractivity contribution in [3.8, 4) is 6.07 Å². The number of nitriles is 1. The van der Waals surface area contributed by atoms with Gasteiger partial charge in [0.25, 0.3) is 0 Å². The van der Waals surface area contributed by atoms with Crippen molar-refractivity contribution >= 4 is 11.7 Å². The normalized spacial score (nSPS) is 10.7. The monoisotopic (exact) mass is 252 g/mol. The van der Waals surface area contributed by atoms with Gasteiger partial charge in [0.2, 0.25) is 0 Å².